The number of methoxy groups -OCH3 is 1. The first-order valence-electron chi connectivity index (χ1n) is 8.85. The Bertz CT molecular complexity index is 511. The summed E-state index contributed by atoms with van der Waals surface area (Å²) in [4.78, 5) is 6.77. The first-order valence-corrected chi connectivity index (χ1v) is 8.85. The van der Waals surface area contributed by atoms with Crippen LogP contribution < -0.4 is 5.32 Å². The highest BCUT2D eigenvalue weighted by Gasteiger charge is 2.21. The Morgan fingerprint density at radius 1 is 1.25 bits per heavy atom. The lowest BCUT2D eigenvalue weighted by Crippen LogP contribution is -2.46. The number of aliphatic imine (C=N–C) groups is 1. The van der Waals surface area contributed by atoms with E-state index in [9.17, 15) is 0 Å². The summed E-state index contributed by atoms with van der Waals surface area (Å²) in [6.45, 7) is 6.50. The quantitative estimate of drug-likeness (QED) is 0.473. The molecule has 0 atom stereocenters. The van der Waals surface area contributed by atoms with Crippen LogP contribution in [0.3, 0.4) is 0 Å². The van der Waals surface area contributed by atoms with Crippen molar-refractivity contribution in [2.75, 3.05) is 40.5 Å². The first kappa shape index (κ1) is 18.7. The van der Waals surface area contributed by atoms with E-state index in [4.69, 9.17) is 9.47 Å². The molecule has 1 aliphatic heterocycles. The molecule has 1 N–H and O–H groups in total. The maximum atomic E-state index is 5.92. The average Bonchev–Trinajstić information content (AvgIpc) is 2.62. The van der Waals surface area contributed by atoms with Gasteiger partial charge in [-0.05, 0) is 37.3 Å². The molecule has 1 saturated heterocycles. The van der Waals surface area contributed by atoms with Crippen LogP contribution in [0.25, 0.3) is 0 Å². The fraction of sp³-hybridized carbons (Fsp3) is 0.632. The molecule has 1 fully saturated rings. The number of piperidine rings is 1. The van der Waals surface area contributed by atoms with Gasteiger partial charge >= 0.3 is 0 Å². The molecule has 0 aliphatic carbocycles. The standard InChI is InChI=1S/C19H31N3O2/c1-16-7-4-5-8-17(16)15-21-19(20-2)22-11-9-18(10-12-22)24-14-6-13-23-3/h4-5,7-8,18H,6,9-15H2,1-3H3,(H,20,21). The molecule has 0 spiro atoms. The van der Waals surface area contributed by atoms with Crippen molar-refractivity contribution in [3.05, 3.63) is 35.4 Å². The van der Waals surface area contributed by atoms with Gasteiger partial charge in [0, 0.05) is 47.0 Å². The molecule has 1 aliphatic rings. The van der Waals surface area contributed by atoms with Gasteiger partial charge in [-0.1, -0.05) is 24.3 Å². The maximum absolute atomic E-state index is 5.92. The summed E-state index contributed by atoms with van der Waals surface area (Å²) in [7, 11) is 3.58. The monoisotopic (exact) mass is 333 g/mol. The predicted molar refractivity (Wildman–Crippen MR) is 98.4 cm³/mol. The summed E-state index contributed by atoms with van der Waals surface area (Å²) < 4.78 is 11.0. The molecule has 0 amide bonds. The van der Waals surface area contributed by atoms with Gasteiger partial charge in [-0.15, -0.1) is 0 Å². The third-order valence-electron chi connectivity index (χ3n) is 4.50. The summed E-state index contributed by atoms with van der Waals surface area (Å²) in [5.74, 6) is 0.982. The lowest BCUT2D eigenvalue weighted by atomic mass is 10.1. The number of aryl methyl sites for hydroxylation is 1. The molecule has 0 aromatic heterocycles. The highest BCUT2D eigenvalue weighted by molar-refractivity contribution is 5.80. The van der Waals surface area contributed by atoms with Crippen molar-refractivity contribution < 1.29 is 9.47 Å². The molecule has 0 bridgehead atoms. The Morgan fingerprint density at radius 2 is 2.00 bits per heavy atom. The minimum Gasteiger partial charge on any atom is -0.385 e. The lowest BCUT2D eigenvalue weighted by molar-refractivity contribution is 0.00990. The predicted octanol–water partition coefficient (Wildman–Crippen LogP) is 2.59. The molecule has 5 nitrogen and oxygen atoms in total. The van der Waals surface area contributed by atoms with Crippen LogP contribution in [-0.4, -0.2) is 57.4 Å². The van der Waals surface area contributed by atoms with E-state index < -0.39 is 0 Å². The van der Waals surface area contributed by atoms with Crippen LogP contribution in [-0.2, 0) is 16.0 Å². The third-order valence-corrected chi connectivity index (χ3v) is 4.50. The Hall–Kier alpha value is -1.59. The fourth-order valence-electron chi connectivity index (χ4n) is 3.00. The van der Waals surface area contributed by atoms with Crippen molar-refractivity contribution in [1.29, 1.82) is 0 Å². The Labute approximate surface area is 146 Å². The van der Waals surface area contributed by atoms with E-state index in [0.29, 0.717) is 6.10 Å². The number of nitrogens with zero attached hydrogens (tertiary/aromatic N) is 2. The van der Waals surface area contributed by atoms with E-state index in [-0.39, 0.29) is 0 Å². The molecule has 1 aromatic rings. The number of benzene rings is 1. The van der Waals surface area contributed by atoms with Crippen LogP contribution in [0.2, 0.25) is 0 Å². The zero-order valence-electron chi connectivity index (χ0n) is 15.3. The zero-order chi connectivity index (χ0) is 17.2. The smallest absolute Gasteiger partial charge is 0.193 e. The van der Waals surface area contributed by atoms with Crippen molar-refractivity contribution in [2.45, 2.75) is 38.8 Å². The van der Waals surface area contributed by atoms with Gasteiger partial charge in [0.2, 0.25) is 0 Å². The number of guanidine groups is 1. The van der Waals surface area contributed by atoms with Crippen LogP contribution in [0.5, 0.6) is 0 Å². The molecule has 5 heteroatoms. The van der Waals surface area contributed by atoms with E-state index in [2.05, 4.69) is 46.4 Å². The fourth-order valence-corrected chi connectivity index (χ4v) is 3.00. The van der Waals surface area contributed by atoms with Crippen LogP contribution in [0, 0.1) is 6.92 Å². The van der Waals surface area contributed by atoms with Crippen molar-refractivity contribution in [3.8, 4) is 0 Å². The molecule has 0 unspecified atom stereocenters. The number of hydrogen-bond donors (Lipinski definition) is 1. The highest BCUT2D eigenvalue weighted by Crippen LogP contribution is 2.14. The van der Waals surface area contributed by atoms with Gasteiger partial charge < -0.3 is 19.7 Å². The van der Waals surface area contributed by atoms with Gasteiger partial charge in [-0.2, -0.15) is 0 Å². The first-order chi connectivity index (χ1) is 11.7. The number of likely N-dealkylation sites (tertiary alicyclic amines) is 1. The van der Waals surface area contributed by atoms with Crippen molar-refractivity contribution in [3.63, 3.8) is 0 Å². The van der Waals surface area contributed by atoms with Gasteiger partial charge in [-0.3, -0.25) is 4.99 Å². The minimum absolute atomic E-state index is 0.368. The second-order valence-corrected chi connectivity index (χ2v) is 6.23. The van der Waals surface area contributed by atoms with Gasteiger partial charge in [0.15, 0.2) is 5.96 Å². The third kappa shape index (κ3) is 5.80. The van der Waals surface area contributed by atoms with Crippen LogP contribution >= 0.6 is 0 Å². The zero-order valence-corrected chi connectivity index (χ0v) is 15.3. The Balaban J connectivity index is 1.74. The van der Waals surface area contributed by atoms with Crippen LogP contribution in [0.1, 0.15) is 30.4 Å². The molecular weight excluding hydrogens is 302 g/mol. The maximum Gasteiger partial charge on any atom is 0.193 e. The highest BCUT2D eigenvalue weighted by atomic mass is 16.5. The number of hydrogen-bond acceptors (Lipinski definition) is 3. The lowest BCUT2D eigenvalue weighted by Gasteiger charge is -2.34. The molecule has 24 heavy (non-hydrogen) atoms. The van der Waals surface area contributed by atoms with Gasteiger partial charge in [0.1, 0.15) is 0 Å². The average molecular weight is 333 g/mol. The van der Waals surface area contributed by atoms with E-state index in [1.807, 2.05) is 7.05 Å². The largest absolute Gasteiger partial charge is 0.385 e. The van der Waals surface area contributed by atoms with Crippen LogP contribution in [0.15, 0.2) is 29.3 Å². The SMILES string of the molecule is CN=C(NCc1ccccc1C)N1CCC(OCCCOC)CC1. The molecular formula is C19H31N3O2. The van der Waals surface area contributed by atoms with Crippen molar-refractivity contribution in [1.82, 2.24) is 10.2 Å². The molecule has 1 heterocycles. The Kier molecular flexibility index (Phi) is 8.05. The summed E-state index contributed by atoms with van der Waals surface area (Å²) in [6.07, 6.45) is 3.44. The number of nitrogens with one attached hydrogen (secondary N) is 1. The summed E-state index contributed by atoms with van der Waals surface area (Å²) in [5.41, 5.74) is 2.62. The van der Waals surface area contributed by atoms with Gasteiger partial charge in [0.25, 0.3) is 0 Å². The van der Waals surface area contributed by atoms with E-state index >= 15 is 0 Å². The number of rotatable bonds is 7. The minimum atomic E-state index is 0.368. The van der Waals surface area contributed by atoms with E-state index in [1.54, 1.807) is 7.11 Å². The Morgan fingerprint density at radius 3 is 2.67 bits per heavy atom. The molecule has 0 saturated carbocycles. The number of ether oxygens (including phenoxy) is 2. The summed E-state index contributed by atoms with van der Waals surface area (Å²) in [6, 6.07) is 8.46. The summed E-state index contributed by atoms with van der Waals surface area (Å²) in [5, 5.41) is 3.49. The van der Waals surface area contributed by atoms with E-state index in [0.717, 1.165) is 58.1 Å². The normalized spacial score (nSPS) is 16.5. The van der Waals surface area contributed by atoms with Gasteiger partial charge in [0.05, 0.1) is 6.10 Å². The summed E-state index contributed by atoms with van der Waals surface area (Å²) >= 11 is 0. The molecule has 2 rings (SSSR count). The van der Waals surface area contributed by atoms with Crippen LogP contribution in [0.4, 0.5) is 0 Å². The van der Waals surface area contributed by atoms with Crippen molar-refractivity contribution >= 4 is 5.96 Å². The molecule has 134 valence electrons. The second-order valence-electron chi connectivity index (χ2n) is 6.23. The van der Waals surface area contributed by atoms with Crippen molar-refractivity contribution in [2.24, 2.45) is 4.99 Å². The van der Waals surface area contributed by atoms with Gasteiger partial charge in [-0.25, -0.2) is 0 Å². The van der Waals surface area contributed by atoms with E-state index in [1.165, 1.54) is 11.1 Å². The molecule has 1 aromatic carbocycles. The second kappa shape index (κ2) is 10.3. The molecule has 0 radical (unpaired) electrons. The topological polar surface area (TPSA) is 46.1 Å².